The van der Waals surface area contributed by atoms with Crippen LogP contribution in [0.5, 0.6) is 0 Å². The summed E-state index contributed by atoms with van der Waals surface area (Å²) in [7, 11) is 0. The van der Waals surface area contributed by atoms with Crippen molar-refractivity contribution in [2.75, 3.05) is 0 Å². The third-order valence-electron chi connectivity index (χ3n) is 4.58. The highest BCUT2D eigenvalue weighted by Crippen LogP contribution is 2.32. The van der Waals surface area contributed by atoms with Gasteiger partial charge in [0, 0.05) is 17.0 Å². The monoisotopic (exact) mass is 391 g/mol. The first-order chi connectivity index (χ1) is 13.9. The molecule has 1 aromatic carbocycles. The van der Waals surface area contributed by atoms with Crippen LogP contribution in [0.25, 0.3) is 22.2 Å². The van der Waals surface area contributed by atoms with Crippen molar-refractivity contribution in [3.8, 4) is 11.3 Å². The van der Waals surface area contributed by atoms with Gasteiger partial charge in [-0.15, -0.1) is 5.10 Å². The zero-order valence-corrected chi connectivity index (χ0v) is 15.7. The smallest absolute Gasteiger partial charge is 0.268 e. The van der Waals surface area contributed by atoms with Gasteiger partial charge in [-0.25, -0.2) is 9.67 Å². The van der Waals surface area contributed by atoms with Gasteiger partial charge in [0.25, 0.3) is 5.91 Å². The van der Waals surface area contributed by atoms with Crippen LogP contribution in [-0.4, -0.2) is 36.9 Å². The molecule has 0 atom stereocenters. The van der Waals surface area contributed by atoms with E-state index in [4.69, 9.17) is 16.0 Å². The van der Waals surface area contributed by atoms with Gasteiger partial charge < -0.3 is 16.0 Å². The molecular weight excluding hydrogens is 374 g/mol. The lowest BCUT2D eigenvalue weighted by molar-refractivity contribution is 0.0996. The number of fused-ring (bicyclic) bond motifs is 1. The van der Waals surface area contributed by atoms with Gasteiger partial charge in [-0.3, -0.25) is 9.59 Å². The van der Waals surface area contributed by atoms with Crippen LogP contribution in [0.3, 0.4) is 0 Å². The highest BCUT2D eigenvalue weighted by molar-refractivity contribution is 6.15. The third-order valence-corrected chi connectivity index (χ3v) is 4.58. The second kappa shape index (κ2) is 6.82. The fraction of sp³-hybridized carbons (Fsp3) is 0.158. The lowest BCUT2D eigenvalue weighted by atomic mass is 9.96. The summed E-state index contributed by atoms with van der Waals surface area (Å²) in [5.41, 5.74) is 13.4. The molecule has 0 radical (unpaired) electrons. The third kappa shape index (κ3) is 3.10. The first kappa shape index (κ1) is 18.3. The Labute approximate surface area is 164 Å². The van der Waals surface area contributed by atoms with Crippen LogP contribution in [0, 0.1) is 13.8 Å². The van der Waals surface area contributed by atoms with Crippen molar-refractivity contribution in [2.24, 2.45) is 11.5 Å². The topological polar surface area (TPSA) is 156 Å². The summed E-state index contributed by atoms with van der Waals surface area (Å²) in [5.74, 6) is -0.847. The summed E-state index contributed by atoms with van der Waals surface area (Å²) >= 11 is 0. The molecule has 10 nitrogen and oxygen atoms in total. The molecule has 4 aromatic rings. The Hall–Kier alpha value is -4.08. The second-order valence-corrected chi connectivity index (χ2v) is 6.57. The van der Waals surface area contributed by atoms with Crippen molar-refractivity contribution in [3.05, 3.63) is 58.7 Å². The number of aryl methyl sites for hydroxylation is 1. The van der Waals surface area contributed by atoms with E-state index in [9.17, 15) is 9.59 Å². The fourth-order valence-corrected chi connectivity index (χ4v) is 3.26. The predicted octanol–water partition coefficient (Wildman–Crippen LogP) is 1.34. The van der Waals surface area contributed by atoms with Gasteiger partial charge in [0.05, 0.1) is 23.3 Å². The summed E-state index contributed by atoms with van der Waals surface area (Å²) in [5, 5.41) is 12.8. The van der Waals surface area contributed by atoms with Crippen LogP contribution in [0.1, 0.15) is 38.0 Å². The van der Waals surface area contributed by atoms with Crippen molar-refractivity contribution < 1.29 is 14.1 Å². The van der Waals surface area contributed by atoms with E-state index in [-0.39, 0.29) is 16.8 Å². The minimum atomic E-state index is -0.797. The van der Waals surface area contributed by atoms with Crippen molar-refractivity contribution in [1.82, 2.24) is 25.1 Å². The van der Waals surface area contributed by atoms with Crippen molar-refractivity contribution >= 4 is 22.7 Å². The molecule has 3 aromatic heterocycles. The number of carbonyl (C=O) groups excluding carboxylic acids is 2. The SMILES string of the molecule is Cc1cc(Cn2nnc(-c3c(C(N)=O)nc4ccccc4c3C(N)=O)c2C)no1. The summed E-state index contributed by atoms with van der Waals surface area (Å²) in [6.07, 6.45) is 0. The number of para-hydroxylation sites is 1. The van der Waals surface area contributed by atoms with Crippen molar-refractivity contribution in [3.63, 3.8) is 0 Å². The number of rotatable bonds is 5. The average molecular weight is 391 g/mol. The van der Waals surface area contributed by atoms with E-state index < -0.39 is 11.8 Å². The molecule has 0 unspecified atom stereocenters. The van der Waals surface area contributed by atoms with Crippen molar-refractivity contribution in [1.29, 1.82) is 0 Å². The van der Waals surface area contributed by atoms with E-state index in [2.05, 4.69) is 20.5 Å². The Kier molecular flexibility index (Phi) is 4.30. The Balaban J connectivity index is 1.96. The van der Waals surface area contributed by atoms with Gasteiger partial charge in [-0.05, 0) is 19.9 Å². The van der Waals surface area contributed by atoms with Crippen LogP contribution >= 0.6 is 0 Å². The average Bonchev–Trinajstić information content (AvgIpc) is 3.25. The quantitative estimate of drug-likeness (QED) is 0.520. The van der Waals surface area contributed by atoms with Crippen LogP contribution in [0.4, 0.5) is 0 Å². The molecule has 146 valence electrons. The molecule has 4 N–H and O–H groups in total. The van der Waals surface area contributed by atoms with Gasteiger partial charge in [-0.2, -0.15) is 0 Å². The zero-order valence-electron chi connectivity index (χ0n) is 15.7. The number of primary amides is 2. The number of nitrogens with two attached hydrogens (primary N) is 2. The summed E-state index contributed by atoms with van der Waals surface area (Å²) < 4.78 is 6.65. The minimum Gasteiger partial charge on any atom is -0.366 e. The minimum absolute atomic E-state index is 0.0927. The number of amides is 2. The number of nitrogens with zero attached hydrogens (tertiary/aromatic N) is 5. The number of hydrogen-bond donors (Lipinski definition) is 2. The summed E-state index contributed by atoms with van der Waals surface area (Å²) in [6.45, 7) is 3.84. The molecule has 4 rings (SSSR count). The molecule has 10 heteroatoms. The van der Waals surface area contributed by atoms with Crippen molar-refractivity contribution in [2.45, 2.75) is 20.4 Å². The van der Waals surface area contributed by atoms with Crippen LogP contribution in [-0.2, 0) is 6.54 Å². The maximum Gasteiger partial charge on any atom is 0.268 e. The van der Waals surface area contributed by atoms with E-state index in [1.165, 1.54) is 0 Å². The molecule has 0 bridgehead atoms. The molecule has 0 fully saturated rings. The molecule has 0 aliphatic heterocycles. The standard InChI is InChI=1S/C19H17N7O3/c1-9-7-11(24-29-9)8-26-10(2)16(23-25-26)15-14(18(20)27)12-5-3-4-6-13(12)22-17(15)19(21)28/h3-7H,8H2,1-2H3,(H2,20,27)(H2,21,28). The number of aromatic nitrogens is 5. The van der Waals surface area contributed by atoms with Gasteiger partial charge >= 0.3 is 0 Å². The van der Waals surface area contributed by atoms with E-state index in [1.807, 2.05) is 0 Å². The Morgan fingerprint density at radius 3 is 2.55 bits per heavy atom. The molecule has 0 aliphatic carbocycles. The van der Waals surface area contributed by atoms with E-state index in [1.54, 1.807) is 48.9 Å². The van der Waals surface area contributed by atoms with E-state index in [0.717, 1.165) is 0 Å². The first-order valence-electron chi connectivity index (χ1n) is 8.71. The maximum absolute atomic E-state index is 12.4. The molecule has 29 heavy (non-hydrogen) atoms. The zero-order chi connectivity index (χ0) is 20.7. The lowest BCUT2D eigenvalue weighted by Crippen LogP contribution is -2.21. The maximum atomic E-state index is 12.4. The van der Waals surface area contributed by atoms with Gasteiger partial charge in [0.2, 0.25) is 5.91 Å². The summed E-state index contributed by atoms with van der Waals surface area (Å²) in [6, 6.07) is 8.65. The Morgan fingerprint density at radius 2 is 1.90 bits per heavy atom. The molecule has 0 saturated carbocycles. The predicted molar refractivity (Wildman–Crippen MR) is 103 cm³/mol. The van der Waals surface area contributed by atoms with Gasteiger partial charge in [0.1, 0.15) is 22.8 Å². The van der Waals surface area contributed by atoms with Gasteiger partial charge in [0.15, 0.2) is 0 Å². The second-order valence-electron chi connectivity index (χ2n) is 6.57. The molecule has 2 amide bonds. The molecule has 3 heterocycles. The number of carbonyl (C=O) groups is 2. The van der Waals surface area contributed by atoms with Crippen LogP contribution in [0.15, 0.2) is 34.9 Å². The van der Waals surface area contributed by atoms with E-state index >= 15 is 0 Å². The first-order valence-corrected chi connectivity index (χ1v) is 8.71. The van der Waals surface area contributed by atoms with Gasteiger partial charge in [-0.1, -0.05) is 28.6 Å². The number of benzene rings is 1. The highest BCUT2D eigenvalue weighted by atomic mass is 16.5. The Morgan fingerprint density at radius 1 is 1.14 bits per heavy atom. The number of hydrogen-bond acceptors (Lipinski definition) is 7. The molecule has 0 saturated heterocycles. The molecular formula is C19H17N7O3. The number of pyridine rings is 1. The van der Waals surface area contributed by atoms with Crippen LogP contribution < -0.4 is 11.5 Å². The molecule has 0 spiro atoms. The van der Waals surface area contributed by atoms with Crippen LogP contribution in [0.2, 0.25) is 0 Å². The normalized spacial score (nSPS) is 11.1. The van der Waals surface area contributed by atoms with E-state index in [0.29, 0.717) is 40.3 Å². The lowest BCUT2D eigenvalue weighted by Gasteiger charge is -2.12. The fourth-order valence-electron chi connectivity index (χ4n) is 3.26. The largest absolute Gasteiger partial charge is 0.366 e. The highest BCUT2D eigenvalue weighted by Gasteiger charge is 2.27. The molecule has 0 aliphatic rings. The summed E-state index contributed by atoms with van der Waals surface area (Å²) in [4.78, 5) is 28.9. The Bertz CT molecular complexity index is 1270.